The van der Waals surface area contributed by atoms with E-state index in [1.165, 1.54) is 25.3 Å². The van der Waals surface area contributed by atoms with E-state index in [1.807, 2.05) is 0 Å². The first-order chi connectivity index (χ1) is 8.02. The quantitative estimate of drug-likeness (QED) is 0.750. The fourth-order valence-corrected chi connectivity index (χ4v) is 1.33. The Kier molecular flexibility index (Phi) is 4.42. The number of halogens is 1. The van der Waals surface area contributed by atoms with E-state index in [9.17, 15) is 19.4 Å². The molecule has 17 heavy (non-hydrogen) atoms. The molecule has 1 aromatic carbocycles. The van der Waals surface area contributed by atoms with E-state index in [-0.39, 0.29) is 11.3 Å². The van der Waals surface area contributed by atoms with Crippen LogP contribution in [0.5, 0.6) is 5.75 Å². The topological polar surface area (TPSA) is 76.0 Å². The van der Waals surface area contributed by atoms with Crippen molar-refractivity contribution in [2.75, 3.05) is 14.2 Å². The predicted molar refractivity (Wildman–Crippen MR) is 55.9 cm³/mol. The summed E-state index contributed by atoms with van der Waals surface area (Å²) in [5, 5.41) is 19.0. The van der Waals surface area contributed by atoms with E-state index >= 15 is 0 Å². The Morgan fingerprint density at radius 3 is 2.53 bits per heavy atom. The zero-order valence-corrected chi connectivity index (χ0v) is 9.38. The van der Waals surface area contributed by atoms with Crippen molar-refractivity contribution < 1.29 is 28.9 Å². The minimum Gasteiger partial charge on any atom is -0.494 e. The van der Waals surface area contributed by atoms with E-state index in [2.05, 4.69) is 4.74 Å². The Hall–Kier alpha value is -1.66. The van der Waals surface area contributed by atoms with Gasteiger partial charge in [-0.05, 0) is 6.07 Å². The third-order valence-corrected chi connectivity index (χ3v) is 2.27. The van der Waals surface area contributed by atoms with Crippen molar-refractivity contribution in [3.63, 3.8) is 0 Å². The number of aliphatic hydroxyl groups excluding tert-OH is 2. The van der Waals surface area contributed by atoms with E-state index in [0.717, 1.165) is 7.11 Å². The molecule has 6 heteroatoms. The normalized spacial score (nSPS) is 13.9. The van der Waals surface area contributed by atoms with Crippen LogP contribution in [0, 0.1) is 5.82 Å². The molecule has 0 amide bonds. The van der Waals surface area contributed by atoms with Crippen molar-refractivity contribution in [3.05, 3.63) is 29.6 Å². The largest absolute Gasteiger partial charge is 0.494 e. The number of ether oxygens (including phenoxy) is 2. The first-order valence-corrected chi connectivity index (χ1v) is 4.79. The van der Waals surface area contributed by atoms with Gasteiger partial charge in [0.2, 0.25) is 0 Å². The molecule has 2 unspecified atom stereocenters. The number of esters is 1. The van der Waals surface area contributed by atoms with Gasteiger partial charge in [-0.25, -0.2) is 9.18 Å². The second kappa shape index (κ2) is 5.60. The predicted octanol–water partition coefficient (Wildman–Crippen LogP) is 0.402. The highest BCUT2D eigenvalue weighted by Gasteiger charge is 2.29. The highest BCUT2D eigenvalue weighted by atomic mass is 19.1. The molecule has 2 N–H and O–H groups in total. The van der Waals surface area contributed by atoms with Crippen LogP contribution in [0.2, 0.25) is 0 Å². The van der Waals surface area contributed by atoms with Crippen molar-refractivity contribution in [1.29, 1.82) is 0 Å². The molecule has 0 heterocycles. The van der Waals surface area contributed by atoms with Crippen molar-refractivity contribution in [3.8, 4) is 5.75 Å². The average molecular weight is 244 g/mol. The summed E-state index contributed by atoms with van der Waals surface area (Å²) in [7, 11) is 2.32. The summed E-state index contributed by atoms with van der Waals surface area (Å²) in [6.45, 7) is 0. The summed E-state index contributed by atoms with van der Waals surface area (Å²) >= 11 is 0. The number of hydrogen-bond donors (Lipinski definition) is 2. The average Bonchev–Trinajstić information content (AvgIpc) is 2.36. The highest BCUT2D eigenvalue weighted by molar-refractivity contribution is 5.75. The Morgan fingerprint density at radius 1 is 1.35 bits per heavy atom. The zero-order chi connectivity index (χ0) is 13.0. The zero-order valence-electron chi connectivity index (χ0n) is 9.38. The molecule has 94 valence electrons. The summed E-state index contributed by atoms with van der Waals surface area (Å²) in [4.78, 5) is 11.0. The van der Waals surface area contributed by atoms with Crippen LogP contribution in [0.3, 0.4) is 0 Å². The summed E-state index contributed by atoms with van der Waals surface area (Å²) in [6, 6.07) is 4.04. The molecule has 0 aliphatic carbocycles. The molecule has 2 atom stereocenters. The Balaban J connectivity index is 3.04. The smallest absolute Gasteiger partial charge is 0.337 e. The van der Waals surface area contributed by atoms with Gasteiger partial charge >= 0.3 is 5.97 Å². The van der Waals surface area contributed by atoms with Gasteiger partial charge in [-0.15, -0.1) is 0 Å². The fourth-order valence-electron chi connectivity index (χ4n) is 1.33. The van der Waals surface area contributed by atoms with Crippen molar-refractivity contribution in [2.24, 2.45) is 0 Å². The first-order valence-electron chi connectivity index (χ1n) is 4.79. The van der Waals surface area contributed by atoms with Crippen LogP contribution < -0.4 is 4.74 Å². The van der Waals surface area contributed by atoms with Gasteiger partial charge in [0.1, 0.15) is 6.10 Å². The maximum Gasteiger partial charge on any atom is 0.337 e. The summed E-state index contributed by atoms with van der Waals surface area (Å²) in [5.41, 5.74) is -0.234. The summed E-state index contributed by atoms with van der Waals surface area (Å²) < 4.78 is 22.7. The number of aliphatic hydroxyl groups is 2. The Bertz CT molecular complexity index is 407. The van der Waals surface area contributed by atoms with Crippen LogP contribution in [0.1, 0.15) is 11.7 Å². The number of benzene rings is 1. The van der Waals surface area contributed by atoms with Gasteiger partial charge in [0.15, 0.2) is 17.7 Å². The monoisotopic (exact) mass is 244 g/mol. The van der Waals surface area contributed by atoms with Crippen molar-refractivity contribution in [2.45, 2.75) is 12.2 Å². The first kappa shape index (κ1) is 13.4. The fraction of sp³-hybridized carbons (Fsp3) is 0.364. The van der Waals surface area contributed by atoms with Crippen LogP contribution in [0.4, 0.5) is 4.39 Å². The van der Waals surface area contributed by atoms with Gasteiger partial charge in [0.25, 0.3) is 0 Å². The number of hydrogen-bond acceptors (Lipinski definition) is 5. The molecule has 0 saturated carbocycles. The second-order valence-corrected chi connectivity index (χ2v) is 3.28. The molecule has 1 aromatic rings. The molecule has 0 fully saturated rings. The Labute approximate surface area is 97.4 Å². The number of rotatable bonds is 4. The van der Waals surface area contributed by atoms with Crippen LogP contribution in [-0.2, 0) is 9.53 Å². The van der Waals surface area contributed by atoms with Crippen LogP contribution in [-0.4, -0.2) is 36.5 Å². The van der Waals surface area contributed by atoms with E-state index in [0.29, 0.717) is 0 Å². The van der Waals surface area contributed by atoms with Gasteiger partial charge in [0, 0.05) is 5.56 Å². The van der Waals surface area contributed by atoms with Crippen LogP contribution in [0.15, 0.2) is 18.2 Å². The molecule has 0 aliphatic rings. The standard InChI is InChI=1S/C11H13FO5/c1-16-7-5-3-4-6(8(7)12)9(13)10(14)11(15)17-2/h3-5,9-10,13-14H,1-2H3. The maximum atomic E-state index is 13.7. The number of methoxy groups -OCH3 is 2. The van der Waals surface area contributed by atoms with E-state index in [4.69, 9.17) is 4.74 Å². The minimum atomic E-state index is -1.85. The molecule has 1 rings (SSSR count). The molecular formula is C11H13FO5. The Morgan fingerprint density at radius 2 is 2.00 bits per heavy atom. The second-order valence-electron chi connectivity index (χ2n) is 3.28. The summed E-state index contributed by atoms with van der Waals surface area (Å²) in [5.74, 6) is -1.95. The highest BCUT2D eigenvalue weighted by Crippen LogP contribution is 2.27. The van der Waals surface area contributed by atoms with Crippen molar-refractivity contribution in [1.82, 2.24) is 0 Å². The number of carbonyl (C=O) groups is 1. The lowest BCUT2D eigenvalue weighted by Crippen LogP contribution is -2.29. The SMILES string of the molecule is COC(=O)C(O)C(O)c1cccc(OC)c1F. The molecular weight excluding hydrogens is 231 g/mol. The summed E-state index contributed by atoms with van der Waals surface area (Å²) in [6.07, 6.45) is -3.56. The van der Waals surface area contributed by atoms with E-state index in [1.54, 1.807) is 0 Å². The van der Waals surface area contributed by atoms with Gasteiger partial charge in [-0.2, -0.15) is 0 Å². The lowest BCUT2D eigenvalue weighted by Gasteiger charge is -2.17. The molecule has 0 saturated heterocycles. The van der Waals surface area contributed by atoms with Gasteiger partial charge in [-0.3, -0.25) is 0 Å². The molecule has 0 aromatic heterocycles. The maximum absolute atomic E-state index is 13.7. The molecule has 0 bridgehead atoms. The van der Waals surface area contributed by atoms with Gasteiger partial charge in [-0.1, -0.05) is 12.1 Å². The minimum absolute atomic E-state index is 0.0846. The van der Waals surface area contributed by atoms with Crippen LogP contribution in [0.25, 0.3) is 0 Å². The third kappa shape index (κ3) is 2.72. The van der Waals surface area contributed by atoms with Crippen molar-refractivity contribution >= 4 is 5.97 Å². The van der Waals surface area contributed by atoms with Gasteiger partial charge in [0.05, 0.1) is 14.2 Å². The van der Waals surface area contributed by atoms with Gasteiger partial charge < -0.3 is 19.7 Å². The van der Waals surface area contributed by atoms with E-state index < -0.39 is 24.0 Å². The molecule has 0 aliphatic heterocycles. The molecule has 0 spiro atoms. The third-order valence-electron chi connectivity index (χ3n) is 2.27. The lowest BCUT2D eigenvalue weighted by molar-refractivity contribution is -0.156. The number of carbonyl (C=O) groups excluding carboxylic acids is 1. The van der Waals surface area contributed by atoms with Crippen LogP contribution >= 0.6 is 0 Å². The molecule has 5 nitrogen and oxygen atoms in total. The molecule has 0 radical (unpaired) electrons. The lowest BCUT2D eigenvalue weighted by atomic mass is 10.0.